The molecule has 1 atom stereocenters. The molecule has 0 N–H and O–H groups in total. The molecule has 1 heterocycles. The number of nitrogens with zero attached hydrogens (tertiary/aromatic N) is 2. The summed E-state index contributed by atoms with van der Waals surface area (Å²) < 4.78 is 36.9. The van der Waals surface area contributed by atoms with Gasteiger partial charge in [0, 0.05) is 26.2 Å². The van der Waals surface area contributed by atoms with Crippen LogP contribution < -0.4 is 0 Å². The Balaban J connectivity index is 1.94. The Morgan fingerprint density at radius 3 is 2.08 bits per heavy atom. The minimum Gasteiger partial charge on any atom is -0.339 e. The van der Waals surface area contributed by atoms with Crippen molar-refractivity contribution in [2.75, 3.05) is 26.2 Å². The third-order valence-corrected chi connectivity index (χ3v) is 4.20. The van der Waals surface area contributed by atoms with Gasteiger partial charge in [0.2, 0.25) is 11.8 Å². The fourth-order valence-electron chi connectivity index (χ4n) is 2.92. The van der Waals surface area contributed by atoms with Crippen molar-refractivity contribution < 1.29 is 22.8 Å². The summed E-state index contributed by atoms with van der Waals surface area (Å²) in [6, 6.07) is 9.42. The summed E-state index contributed by atoms with van der Waals surface area (Å²) in [5, 5.41) is 0. The lowest BCUT2D eigenvalue weighted by atomic mass is 9.95. The van der Waals surface area contributed by atoms with Gasteiger partial charge >= 0.3 is 6.18 Å². The molecule has 0 unspecified atom stereocenters. The van der Waals surface area contributed by atoms with Crippen LogP contribution in [0.2, 0.25) is 0 Å². The van der Waals surface area contributed by atoms with Crippen molar-refractivity contribution in [3.05, 3.63) is 35.9 Å². The van der Waals surface area contributed by atoms with Gasteiger partial charge in [-0.2, -0.15) is 13.2 Å². The lowest BCUT2D eigenvalue weighted by Gasteiger charge is -2.36. The largest absolute Gasteiger partial charge is 0.397 e. The summed E-state index contributed by atoms with van der Waals surface area (Å²) in [6.45, 7) is 2.76. The van der Waals surface area contributed by atoms with Crippen molar-refractivity contribution in [1.29, 1.82) is 0 Å². The highest BCUT2D eigenvalue weighted by Crippen LogP contribution is 2.24. The minimum absolute atomic E-state index is 0.0355. The molecule has 0 saturated carbocycles. The van der Waals surface area contributed by atoms with Crippen molar-refractivity contribution >= 4 is 11.8 Å². The lowest BCUT2D eigenvalue weighted by Crippen LogP contribution is -2.52. The van der Waals surface area contributed by atoms with E-state index in [9.17, 15) is 22.8 Å². The van der Waals surface area contributed by atoms with Crippen LogP contribution in [0.5, 0.6) is 0 Å². The average molecular weight is 342 g/mol. The first-order valence-electron chi connectivity index (χ1n) is 8.00. The van der Waals surface area contributed by atoms with Gasteiger partial charge < -0.3 is 9.80 Å². The van der Waals surface area contributed by atoms with Crippen LogP contribution >= 0.6 is 0 Å². The predicted molar refractivity (Wildman–Crippen MR) is 83.3 cm³/mol. The van der Waals surface area contributed by atoms with E-state index in [0.29, 0.717) is 6.42 Å². The normalized spacial score (nSPS) is 16.8. The van der Waals surface area contributed by atoms with Crippen molar-refractivity contribution in [1.82, 2.24) is 9.80 Å². The van der Waals surface area contributed by atoms with Gasteiger partial charge in [-0.05, 0) is 12.0 Å². The summed E-state index contributed by atoms with van der Waals surface area (Å²) in [5.74, 6) is -1.22. The van der Waals surface area contributed by atoms with E-state index in [-0.39, 0.29) is 38.0 Å². The Morgan fingerprint density at radius 1 is 1.04 bits per heavy atom. The SMILES string of the molecule is CC[C@H](C(=O)N1CCN(C(=O)CC(F)(F)F)CC1)c1ccccc1. The molecule has 0 radical (unpaired) electrons. The van der Waals surface area contributed by atoms with Crippen LogP contribution in [0.1, 0.15) is 31.2 Å². The second-order valence-electron chi connectivity index (χ2n) is 5.87. The van der Waals surface area contributed by atoms with E-state index < -0.39 is 18.5 Å². The highest BCUT2D eigenvalue weighted by Gasteiger charge is 2.35. The minimum atomic E-state index is -4.50. The zero-order chi connectivity index (χ0) is 17.7. The number of hydrogen-bond acceptors (Lipinski definition) is 2. The Morgan fingerprint density at radius 2 is 1.58 bits per heavy atom. The van der Waals surface area contributed by atoms with Crippen molar-refractivity contribution in [3.63, 3.8) is 0 Å². The standard InChI is InChI=1S/C17H21F3N2O2/c1-2-14(13-6-4-3-5-7-13)16(24)22-10-8-21(9-11-22)15(23)12-17(18,19)20/h3-7,14H,2,8-12H2,1H3/t14-/m0/s1. The first kappa shape index (κ1) is 18.3. The molecule has 1 saturated heterocycles. The van der Waals surface area contributed by atoms with E-state index in [1.54, 1.807) is 4.90 Å². The number of carbonyl (C=O) groups is 2. The maximum atomic E-state index is 12.7. The van der Waals surface area contributed by atoms with Crippen LogP contribution in [-0.2, 0) is 9.59 Å². The summed E-state index contributed by atoms with van der Waals surface area (Å²) >= 11 is 0. The van der Waals surface area contributed by atoms with Crippen molar-refractivity contribution in [3.8, 4) is 0 Å². The molecule has 0 spiro atoms. The first-order chi connectivity index (χ1) is 11.3. The fraction of sp³-hybridized carbons (Fsp3) is 0.529. The molecule has 1 aromatic carbocycles. The van der Waals surface area contributed by atoms with E-state index in [1.807, 2.05) is 37.3 Å². The van der Waals surface area contributed by atoms with Crippen LogP contribution in [0.25, 0.3) is 0 Å². The van der Waals surface area contributed by atoms with Crippen LogP contribution in [0.4, 0.5) is 13.2 Å². The zero-order valence-corrected chi connectivity index (χ0v) is 13.6. The number of amides is 2. The first-order valence-corrected chi connectivity index (χ1v) is 8.00. The van der Waals surface area contributed by atoms with Crippen LogP contribution in [0.15, 0.2) is 30.3 Å². The van der Waals surface area contributed by atoms with Gasteiger partial charge in [0.1, 0.15) is 6.42 Å². The number of rotatable bonds is 4. The number of halogens is 3. The maximum Gasteiger partial charge on any atom is 0.397 e. The second-order valence-corrected chi connectivity index (χ2v) is 5.87. The molecule has 132 valence electrons. The van der Waals surface area contributed by atoms with Gasteiger partial charge in [-0.25, -0.2) is 0 Å². The average Bonchev–Trinajstić information content (AvgIpc) is 2.55. The van der Waals surface area contributed by atoms with Gasteiger partial charge in [0.15, 0.2) is 0 Å². The Labute approximate surface area is 139 Å². The number of benzene rings is 1. The molecule has 1 aliphatic heterocycles. The molecule has 2 amide bonds. The molecule has 0 aromatic heterocycles. The fourth-order valence-corrected chi connectivity index (χ4v) is 2.92. The van der Waals surface area contributed by atoms with E-state index in [4.69, 9.17) is 0 Å². The maximum absolute atomic E-state index is 12.7. The number of carbonyl (C=O) groups excluding carboxylic acids is 2. The van der Waals surface area contributed by atoms with Crippen LogP contribution in [0.3, 0.4) is 0 Å². The van der Waals surface area contributed by atoms with E-state index in [0.717, 1.165) is 5.56 Å². The molecule has 1 aliphatic rings. The van der Waals surface area contributed by atoms with Gasteiger partial charge in [0.05, 0.1) is 5.92 Å². The Kier molecular flexibility index (Phi) is 5.85. The number of alkyl halides is 3. The van der Waals surface area contributed by atoms with Crippen molar-refractivity contribution in [2.45, 2.75) is 31.9 Å². The number of hydrogen-bond donors (Lipinski definition) is 0. The van der Waals surface area contributed by atoms with Crippen LogP contribution in [0, 0.1) is 0 Å². The van der Waals surface area contributed by atoms with Gasteiger partial charge in [-0.15, -0.1) is 0 Å². The molecule has 2 rings (SSSR count). The van der Waals surface area contributed by atoms with Crippen LogP contribution in [-0.4, -0.2) is 54.0 Å². The zero-order valence-electron chi connectivity index (χ0n) is 13.6. The highest BCUT2D eigenvalue weighted by molar-refractivity contribution is 5.84. The topological polar surface area (TPSA) is 40.6 Å². The summed E-state index contributed by atoms with van der Waals surface area (Å²) in [6.07, 6.45) is -5.29. The van der Waals surface area contributed by atoms with E-state index in [2.05, 4.69) is 0 Å². The molecule has 7 heteroatoms. The van der Waals surface area contributed by atoms with Gasteiger partial charge in [-0.1, -0.05) is 37.3 Å². The summed E-state index contributed by atoms with van der Waals surface area (Å²) in [7, 11) is 0. The third-order valence-electron chi connectivity index (χ3n) is 4.20. The van der Waals surface area contributed by atoms with E-state index >= 15 is 0 Å². The molecule has 1 aromatic rings. The Hall–Kier alpha value is -2.05. The molecule has 0 bridgehead atoms. The quantitative estimate of drug-likeness (QED) is 0.844. The van der Waals surface area contributed by atoms with Gasteiger partial charge in [0.25, 0.3) is 0 Å². The van der Waals surface area contributed by atoms with E-state index in [1.165, 1.54) is 4.90 Å². The molecular formula is C17H21F3N2O2. The predicted octanol–water partition coefficient (Wildman–Crippen LogP) is 2.80. The lowest BCUT2D eigenvalue weighted by molar-refractivity contribution is -0.163. The smallest absolute Gasteiger partial charge is 0.339 e. The molecule has 24 heavy (non-hydrogen) atoms. The van der Waals surface area contributed by atoms with Crippen molar-refractivity contribution in [2.24, 2.45) is 0 Å². The third kappa shape index (κ3) is 4.72. The monoisotopic (exact) mass is 342 g/mol. The molecule has 0 aliphatic carbocycles. The molecule has 4 nitrogen and oxygen atoms in total. The summed E-state index contributed by atoms with van der Waals surface area (Å²) in [4.78, 5) is 27.1. The Bertz CT molecular complexity index is 567. The molecule has 1 fully saturated rings. The number of piperazine rings is 1. The second kappa shape index (κ2) is 7.68. The van der Waals surface area contributed by atoms with Gasteiger partial charge in [-0.3, -0.25) is 9.59 Å². The highest BCUT2D eigenvalue weighted by atomic mass is 19.4. The molecular weight excluding hydrogens is 321 g/mol. The summed E-state index contributed by atoms with van der Waals surface area (Å²) in [5.41, 5.74) is 0.931.